The zero-order valence-corrected chi connectivity index (χ0v) is 12.7. The van der Waals surface area contributed by atoms with Crippen LogP contribution in [-0.4, -0.2) is 13.2 Å². The molecule has 1 unspecified atom stereocenters. The van der Waals surface area contributed by atoms with Gasteiger partial charge in [0.05, 0.1) is 4.34 Å². The quantitative estimate of drug-likeness (QED) is 0.796. The van der Waals surface area contributed by atoms with Crippen LogP contribution >= 0.6 is 22.9 Å². The Bertz CT molecular complexity index is 526. The van der Waals surface area contributed by atoms with Crippen molar-refractivity contribution >= 4 is 22.9 Å². The molecule has 1 aromatic heterocycles. The van der Waals surface area contributed by atoms with Gasteiger partial charge in [0, 0.05) is 12.6 Å². The predicted molar refractivity (Wildman–Crippen MR) is 82.4 cm³/mol. The number of hydrogen-bond acceptors (Lipinski definition) is 3. The number of nitrogens with one attached hydrogen (secondary N) is 1. The van der Waals surface area contributed by atoms with Crippen molar-refractivity contribution in [2.45, 2.75) is 19.9 Å². The van der Waals surface area contributed by atoms with Crippen molar-refractivity contribution in [1.29, 1.82) is 0 Å². The monoisotopic (exact) mass is 295 g/mol. The second kappa shape index (κ2) is 6.94. The van der Waals surface area contributed by atoms with Gasteiger partial charge in [0.25, 0.3) is 0 Å². The zero-order valence-electron chi connectivity index (χ0n) is 11.2. The maximum atomic E-state index is 5.93. The molecule has 0 aliphatic heterocycles. The summed E-state index contributed by atoms with van der Waals surface area (Å²) in [6.07, 6.45) is 0. The van der Waals surface area contributed by atoms with E-state index in [-0.39, 0.29) is 0 Å². The molecule has 0 fully saturated rings. The standard InChI is InChI=1S/C15H18ClNOS/c1-11-4-3-5-14(8-11)18-7-6-17-12(2)13-9-15(16)19-10-13/h3-5,8-10,12,17H,6-7H2,1-2H3. The molecule has 1 N–H and O–H groups in total. The maximum Gasteiger partial charge on any atom is 0.119 e. The Kier molecular flexibility index (Phi) is 5.25. The van der Waals surface area contributed by atoms with Crippen LogP contribution in [0.15, 0.2) is 35.7 Å². The zero-order chi connectivity index (χ0) is 13.7. The molecule has 0 amide bonds. The SMILES string of the molecule is Cc1cccc(OCCNC(C)c2csc(Cl)c2)c1. The number of aryl methyl sites for hydroxylation is 1. The molecule has 1 atom stereocenters. The molecule has 0 spiro atoms. The van der Waals surface area contributed by atoms with Gasteiger partial charge in [0.1, 0.15) is 12.4 Å². The van der Waals surface area contributed by atoms with Gasteiger partial charge in [-0.3, -0.25) is 0 Å². The molecule has 102 valence electrons. The minimum absolute atomic E-state index is 0.296. The highest BCUT2D eigenvalue weighted by molar-refractivity contribution is 7.14. The van der Waals surface area contributed by atoms with Gasteiger partial charge in [0.2, 0.25) is 0 Å². The highest BCUT2D eigenvalue weighted by Gasteiger charge is 2.06. The van der Waals surface area contributed by atoms with Crippen molar-refractivity contribution in [2.75, 3.05) is 13.2 Å². The highest BCUT2D eigenvalue weighted by Crippen LogP contribution is 2.24. The lowest BCUT2D eigenvalue weighted by molar-refractivity contribution is 0.307. The normalized spacial score (nSPS) is 12.4. The molecule has 0 aliphatic carbocycles. The van der Waals surface area contributed by atoms with E-state index < -0.39 is 0 Å². The summed E-state index contributed by atoms with van der Waals surface area (Å²) >= 11 is 7.49. The summed E-state index contributed by atoms with van der Waals surface area (Å²) in [6, 6.07) is 10.4. The molecule has 4 heteroatoms. The van der Waals surface area contributed by atoms with Crippen LogP contribution in [0.2, 0.25) is 4.34 Å². The molecule has 0 aliphatic rings. The molecule has 0 bridgehead atoms. The number of thiophene rings is 1. The molecule has 1 aromatic carbocycles. The predicted octanol–water partition coefficient (Wildman–Crippen LogP) is 4.44. The molecular weight excluding hydrogens is 278 g/mol. The van der Waals surface area contributed by atoms with E-state index in [0.29, 0.717) is 12.6 Å². The van der Waals surface area contributed by atoms with Gasteiger partial charge >= 0.3 is 0 Å². The van der Waals surface area contributed by atoms with Gasteiger partial charge in [-0.25, -0.2) is 0 Å². The van der Waals surface area contributed by atoms with Gasteiger partial charge in [-0.15, -0.1) is 11.3 Å². The van der Waals surface area contributed by atoms with Crippen LogP contribution in [0.3, 0.4) is 0 Å². The lowest BCUT2D eigenvalue weighted by atomic mass is 10.2. The molecule has 19 heavy (non-hydrogen) atoms. The van der Waals surface area contributed by atoms with E-state index in [2.05, 4.69) is 30.6 Å². The molecular formula is C15H18ClNOS. The summed E-state index contributed by atoms with van der Waals surface area (Å²) in [6.45, 7) is 5.66. The van der Waals surface area contributed by atoms with E-state index in [4.69, 9.17) is 16.3 Å². The summed E-state index contributed by atoms with van der Waals surface area (Å²) in [5.41, 5.74) is 2.44. The van der Waals surface area contributed by atoms with Crippen LogP contribution < -0.4 is 10.1 Å². The van der Waals surface area contributed by atoms with E-state index in [9.17, 15) is 0 Å². The van der Waals surface area contributed by atoms with Crippen molar-refractivity contribution in [3.05, 3.63) is 51.2 Å². The van der Waals surface area contributed by atoms with Crippen molar-refractivity contribution in [3.8, 4) is 5.75 Å². The molecule has 2 nitrogen and oxygen atoms in total. The van der Waals surface area contributed by atoms with Gasteiger partial charge in [-0.1, -0.05) is 23.7 Å². The number of ether oxygens (including phenoxy) is 1. The Morgan fingerprint density at radius 1 is 1.37 bits per heavy atom. The molecule has 0 radical (unpaired) electrons. The lowest BCUT2D eigenvalue weighted by Gasteiger charge is -2.13. The topological polar surface area (TPSA) is 21.3 Å². The van der Waals surface area contributed by atoms with E-state index in [1.165, 1.54) is 11.1 Å². The summed E-state index contributed by atoms with van der Waals surface area (Å²) in [5.74, 6) is 0.924. The molecule has 1 heterocycles. The van der Waals surface area contributed by atoms with Crippen LogP contribution in [-0.2, 0) is 0 Å². The lowest BCUT2D eigenvalue weighted by Crippen LogP contribution is -2.24. The van der Waals surface area contributed by atoms with E-state index in [1.54, 1.807) is 11.3 Å². The minimum atomic E-state index is 0.296. The average Bonchev–Trinajstić information content (AvgIpc) is 2.81. The third-order valence-corrected chi connectivity index (χ3v) is 4.01. The van der Waals surface area contributed by atoms with E-state index in [1.807, 2.05) is 24.3 Å². The molecule has 0 saturated carbocycles. The minimum Gasteiger partial charge on any atom is -0.492 e. The summed E-state index contributed by atoms with van der Waals surface area (Å²) in [5, 5.41) is 5.50. The Labute approximate surface area is 123 Å². The first kappa shape index (κ1) is 14.4. The second-order valence-corrected chi connectivity index (χ2v) is 6.07. The Morgan fingerprint density at radius 3 is 2.89 bits per heavy atom. The Hall–Kier alpha value is -1.03. The Morgan fingerprint density at radius 2 is 2.21 bits per heavy atom. The van der Waals surface area contributed by atoms with E-state index in [0.717, 1.165) is 16.6 Å². The number of hydrogen-bond donors (Lipinski definition) is 1. The van der Waals surface area contributed by atoms with Gasteiger partial charge in [0.15, 0.2) is 0 Å². The van der Waals surface area contributed by atoms with E-state index >= 15 is 0 Å². The highest BCUT2D eigenvalue weighted by atomic mass is 35.5. The maximum absolute atomic E-state index is 5.93. The molecule has 2 aromatic rings. The number of rotatable bonds is 6. The summed E-state index contributed by atoms with van der Waals surface area (Å²) in [7, 11) is 0. The van der Waals surface area contributed by atoms with Crippen LogP contribution in [0, 0.1) is 6.92 Å². The van der Waals surface area contributed by atoms with Crippen LogP contribution in [0.25, 0.3) is 0 Å². The first-order valence-corrected chi connectivity index (χ1v) is 7.57. The van der Waals surface area contributed by atoms with Gasteiger partial charge in [-0.2, -0.15) is 0 Å². The van der Waals surface area contributed by atoms with Crippen molar-refractivity contribution < 1.29 is 4.74 Å². The summed E-state index contributed by atoms with van der Waals surface area (Å²) < 4.78 is 6.53. The van der Waals surface area contributed by atoms with Crippen LogP contribution in [0.5, 0.6) is 5.75 Å². The molecule has 0 saturated heterocycles. The van der Waals surface area contributed by atoms with Crippen molar-refractivity contribution in [3.63, 3.8) is 0 Å². The first-order valence-electron chi connectivity index (χ1n) is 6.32. The smallest absolute Gasteiger partial charge is 0.119 e. The van der Waals surface area contributed by atoms with Crippen molar-refractivity contribution in [1.82, 2.24) is 5.32 Å². The third kappa shape index (κ3) is 4.53. The second-order valence-electron chi connectivity index (χ2n) is 4.52. The fraction of sp³-hybridized carbons (Fsp3) is 0.333. The number of halogens is 1. The Balaban J connectivity index is 1.72. The van der Waals surface area contributed by atoms with Gasteiger partial charge < -0.3 is 10.1 Å². The average molecular weight is 296 g/mol. The fourth-order valence-electron chi connectivity index (χ4n) is 1.82. The largest absolute Gasteiger partial charge is 0.492 e. The fourth-order valence-corrected chi connectivity index (χ4v) is 2.80. The molecule has 2 rings (SSSR count). The summed E-state index contributed by atoms with van der Waals surface area (Å²) in [4.78, 5) is 0. The van der Waals surface area contributed by atoms with Gasteiger partial charge in [-0.05, 0) is 48.6 Å². The van der Waals surface area contributed by atoms with Crippen LogP contribution in [0.4, 0.5) is 0 Å². The first-order chi connectivity index (χ1) is 9.15. The number of benzene rings is 1. The van der Waals surface area contributed by atoms with Crippen molar-refractivity contribution in [2.24, 2.45) is 0 Å². The third-order valence-electron chi connectivity index (χ3n) is 2.90. The van der Waals surface area contributed by atoms with Crippen LogP contribution in [0.1, 0.15) is 24.1 Å².